The molecule has 0 heterocycles. The highest BCUT2D eigenvalue weighted by atomic mass is 35.5. The van der Waals surface area contributed by atoms with Crippen molar-refractivity contribution in [1.29, 1.82) is 0 Å². The van der Waals surface area contributed by atoms with Crippen LogP contribution in [-0.4, -0.2) is 11.3 Å². The number of nitrogens with two attached hydrogens (primary N) is 1. The van der Waals surface area contributed by atoms with E-state index in [1.807, 2.05) is 24.3 Å². The van der Waals surface area contributed by atoms with Gasteiger partial charge in [-0.2, -0.15) is 0 Å². The molecule has 0 saturated heterocycles. The van der Waals surface area contributed by atoms with Crippen LogP contribution in [0.3, 0.4) is 0 Å². The van der Waals surface area contributed by atoms with Crippen LogP contribution >= 0.6 is 35.0 Å². The zero-order valence-electron chi connectivity index (χ0n) is 7.04. The van der Waals surface area contributed by atoms with Crippen LogP contribution in [-0.2, 0) is 5.75 Å². The molecule has 72 valence electrons. The summed E-state index contributed by atoms with van der Waals surface area (Å²) >= 11 is 13.4. The standard InChI is InChI=1S/C9H11Cl2NS/c10-8-4-2-1-3-7(8)6-13-9(11)5-12/h1-4,9H,5-6,12H2. The number of benzene rings is 1. The van der Waals surface area contributed by atoms with E-state index in [2.05, 4.69) is 0 Å². The Morgan fingerprint density at radius 1 is 1.38 bits per heavy atom. The van der Waals surface area contributed by atoms with Crippen molar-refractivity contribution < 1.29 is 0 Å². The largest absolute Gasteiger partial charge is 0.328 e. The molecule has 0 fully saturated rings. The molecular formula is C9H11Cl2NS. The van der Waals surface area contributed by atoms with Crippen molar-refractivity contribution in [3.63, 3.8) is 0 Å². The number of rotatable bonds is 4. The number of thioether (sulfide) groups is 1. The van der Waals surface area contributed by atoms with Gasteiger partial charge in [-0.05, 0) is 11.6 Å². The van der Waals surface area contributed by atoms with Crippen LogP contribution in [0.4, 0.5) is 0 Å². The zero-order valence-corrected chi connectivity index (χ0v) is 9.37. The number of hydrogen-bond acceptors (Lipinski definition) is 2. The molecule has 0 radical (unpaired) electrons. The van der Waals surface area contributed by atoms with E-state index in [4.69, 9.17) is 28.9 Å². The quantitative estimate of drug-likeness (QED) is 0.813. The molecule has 1 rings (SSSR count). The van der Waals surface area contributed by atoms with Crippen molar-refractivity contribution in [2.45, 2.75) is 10.5 Å². The molecule has 1 nitrogen and oxygen atoms in total. The van der Waals surface area contributed by atoms with Crippen LogP contribution in [0.25, 0.3) is 0 Å². The molecule has 0 spiro atoms. The van der Waals surface area contributed by atoms with Crippen molar-refractivity contribution in [2.24, 2.45) is 5.73 Å². The summed E-state index contributed by atoms with van der Waals surface area (Å²) in [7, 11) is 0. The monoisotopic (exact) mass is 235 g/mol. The van der Waals surface area contributed by atoms with Crippen LogP contribution in [0, 0.1) is 0 Å². The van der Waals surface area contributed by atoms with Crippen LogP contribution in [0.1, 0.15) is 5.56 Å². The SMILES string of the molecule is NCC(Cl)SCc1ccccc1Cl. The molecule has 0 aliphatic carbocycles. The summed E-state index contributed by atoms with van der Waals surface area (Å²) in [4.78, 5) is 0. The van der Waals surface area contributed by atoms with Gasteiger partial charge in [-0.25, -0.2) is 0 Å². The van der Waals surface area contributed by atoms with E-state index in [0.717, 1.165) is 16.3 Å². The first kappa shape index (κ1) is 11.2. The summed E-state index contributed by atoms with van der Waals surface area (Å²) in [5, 5.41) is 0.788. The van der Waals surface area contributed by atoms with Crippen molar-refractivity contribution in [2.75, 3.05) is 6.54 Å². The van der Waals surface area contributed by atoms with Gasteiger partial charge in [0.05, 0.1) is 4.71 Å². The minimum atomic E-state index is -0.0312. The van der Waals surface area contributed by atoms with Gasteiger partial charge in [-0.15, -0.1) is 23.4 Å². The Bertz CT molecular complexity index is 268. The Hall–Kier alpha value is 0.110. The maximum Gasteiger partial charge on any atom is 0.0913 e. The highest BCUT2D eigenvalue weighted by molar-refractivity contribution is 8.00. The summed E-state index contributed by atoms with van der Waals surface area (Å²) in [5.74, 6) is 0.811. The third-order valence-corrected chi connectivity index (χ3v) is 3.52. The van der Waals surface area contributed by atoms with Gasteiger partial charge in [0.2, 0.25) is 0 Å². The molecule has 0 bridgehead atoms. The molecule has 0 aliphatic rings. The Labute approximate surface area is 92.6 Å². The molecule has 0 amide bonds. The molecule has 0 saturated carbocycles. The van der Waals surface area contributed by atoms with Crippen molar-refractivity contribution >= 4 is 35.0 Å². The van der Waals surface area contributed by atoms with E-state index < -0.39 is 0 Å². The Kier molecular flexibility index (Phi) is 4.96. The predicted octanol–water partition coefficient (Wildman–Crippen LogP) is 3.10. The number of alkyl halides is 1. The van der Waals surface area contributed by atoms with E-state index in [1.165, 1.54) is 0 Å². The Balaban J connectivity index is 2.50. The van der Waals surface area contributed by atoms with Gasteiger partial charge in [0, 0.05) is 17.3 Å². The summed E-state index contributed by atoms with van der Waals surface area (Å²) in [6.07, 6.45) is 0. The van der Waals surface area contributed by atoms with Crippen molar-refractivity contribution in [3.8, 4) is 0 Å². The fraction of sp³-hybridized carbons (Fsp3) is 0.333. The van der Waals surface area contributed by atoms with Crippen LogP contribution in [0.15, 0.2) is 24.3 Å². The Morgan fingerprint density at radius 2 is 2.08 bits per heavy atom. The highest BCUT2D eigenvalue weighted by Gasteiger charge is 2.04. The number of hydrogen-bond donors (Lipinski definition) is 1. The predicted molar refractivity (Wildman–Crippen MR) is 61.4 cm³/mol. The minimum absolute atomic E-state index is 0.0312. The maximum atomic E-state index is 5.96. The second kappa shape index (κ2) is 5.76. The molecule has 2 N–H and O–H groups in total. The second-order valence-corrected chi connectivity index (χ2v) is 4.93. The lowest BCUT2D eigenvalue weighted by Gasteiger charge is -2.06. The lowest BCUT2D eigenvalue weighted by Crippen LogP contribution is -2.10. The topological polar surface area (TPSA) is 26.0 Å². The minimum Gasteiger partial charge on any atom is -0.328 e. The first-order chi connectivity index (χ1) is 6.24. The average molecular weight is 236 g/mol. The van der Waals surface area contributed by atoms with Crippen LogP contribution in [0.5, 0.6) is 0 Å². The van der Waals surface area contributed by atoms with E-state index in [-0.39, 0.29) is 4.71 Å². The zero-order chi connectivity index (χ0) is 9.68. The van der Waals surface area contributed by atoms with Crippen LogP contribution < -0.4 is 5.73 Å². The first-order valence-corrected chi connectivity index (χ1v) is 5.79. The summed E-state index contributed by atoms with van der Waals surface area (Å²) in [6, 6.07) is 7.75. The number of halogens is 2. The van der Waals surface area contributed by atoms with E-state index in [1.54, 1.807) is 11.8 Å². The van der Waals surface area contributed by atoms with Crippen LogP contribution in [0.2, 0.25) is 5.02 Å². The Morgan fingerprint density at radius 3 is 2.69 bits per heavy atom. The lowest BCUT2D eigenvalue weighted by molar-refractivity contribution is 1.09. The molecule has 1 aromatic rings. The van der Waals surface area contributed by atoms with Gasteiger partial charge in [0.1, 0.15) is 0 Å². The smallest absolute Gasteiger partial charge is 0.0913 e. The van der Waals surface area contributed by atoms with E-state index >= 15 is 0 Å². The third kappa shape index (κ3) is 3.77. The van der Waals surface area contributed by atoms with Crippen molar-refractivity contribution in [1.82, 2.24) is 0 Å². The second-order valence-electron chi connectivity index (χ2n) is 2.55. The van der Waals surface area contributed by atoms with Gasteiger partial charge in [0.25, 0.3) is 0 Å². The maximum absolute atomic E-state index is 5.96. The summed E-state index contributed by atoms with van der Waals surface area (Å²) in [5.41, 5.74) is 6.49. The molecule has 4 heteroatoms. The van der Waals surface area contributed by atoms with E-state index in [9.17, 15) is 0 Å². The lowest BCUT2D eigenvalue weighted by atomic mass is 10.2. The normalized spacial score (nSPS) is 12.8. The van der Waals surface area contributed by atoms with E-state index in [0.29, 0.717) is 6.54 Å². The molecule has 1 unspecified atom stereocenters. The molecule has 0 aliphatic heterocycles. The molecule has 1 aromatic carbocycles. The average Bonchev–Trinajstić information content (AvgIpc) is 2.16. The molecule has 13 heavy (non-hydrogen) atoms. The third-order valence-electron chi connectivity index (χ3n) is 1.56. The fourth-order valence-corrected chi connectivity index (χ4v) is 2.08. The van der Waals surface area contributed by atoms with Gasteiger partial charge in [0.15, 0.2) is 0 Å². The van der Waals surface area contributed by atoms with Crippen molar-refractivity contribution in [3.05, 3.63) is 34.9 Å². The molecule has 0 aromatic heterocycles. The van der Waals surface area contributed by atoms with Gasteiger partial charge in [-0.3, -0.25) is 0 Å². The van der Waals surface area contributed by atoms with Gasteiger partial charge >= 0.3 is 0 Å². The highest BCUT2D eigenvalue weighted by Crippen LogP contribution is 2.24. The van der Waals surface area contributed by atoms with Gasteiger partial charge in [-0.1, -0.05) is 29.8 Å². The summed E-state index contributed by atoms with van der Waals surface area (Å²) in [6.45, 7) is 0.483. The molecular weight excluding hydrogens is 225 g/mol. The fourth-order valence-electron chi connectivity index (χ4n) is 0.864. The molecule has 1 atom stereocenters. The summed E-state index contributed by atoms with van der Waals surface area (Å²) < 4.78 is -0.0312. The first-order valence-electron chi connectivity index (χ1n) is 3.93. The van der Waals surface area contributed by atoms with Gasteiger partial charge < -0.3 is 5.73 Å².